The van der Waals surface area contributed by atoms with E-state index in [1.165, 1.54) is 6.26 Å². The van der Waals surface area contributed by atoms with E-state index in [0.29, 0.717) is 16.5 Å². The Kier molecular flexibility index (Phi) is 3.58. The lowest BCUT2D eigenvalue weighted by atomic mass is 10.2. The number of hydrogen-bond donors (Lipinski definition) is 1. The smallest absolute Gasteiger partial charge is 0.291 e. The Hall–Kier alpha value is -1.94. The van der Waals surface area contributed by atoms with Crippen molar-refractivity contribution in [1.29, 1.82) is 0 Å². The van der Waals surface area contributed by atoms with E-state index in [4.69, 9.17) is 20.8 Å². The van der Waals surface area contributed by atoms with E-state index in [-0.39, 0.29) is 11.7 Å². The zero-order valence-corrected chi connectivity index (χ0v) is 10.7. The lowest BCUT2D eigenvalue weighted by Gasteiger charge is -2.12. The highest BCUT2D eigenvalue weighted by Gasteiger charge is 2.14. The molecule has 2 rings (SSSR count). The van der Waals surface area contributed by atoms with Gasteiger partial charge in [-0.2, -0.15) is 0 Å². The number of nitrogens with one attached hydrogen (secondary N) is 1. The molecular formula is C13H12ClNO3. The number of amides is 1. The minimum Gasteiger partial charge on any atom is -0.494 e. The number of anilines is 1. The molecule has 1 aromatic carbocycles. The lowest BCUT2D eigenvalue weighted by molar-refractivity contribution is 0.0996. The van der Waals surface area contributed by atoms with Gasteiger partial charge in [0.2, 0.25) is 0 Å². The number of ether oxygens (including phenoxy) is 1. The van der Waals surface area contributed by atoms with Crippen LogP contribution >= 0.6 is 11.6 Å². The van der Waals surface area contributed by atoms with Gasteiger partial charge in [0.1, 0.15) is 5.75 Å². The van der Waals surface area contributed by atoms with Gasteiger partial charge in [-0.25, -0.2) is 0 Å². The molecule has 5 heteroatoms. The average molecular weight is 266 g/mol. The highest BCUT2D eigenvalue weighted by atomic mass is 35.5. The van der Waals surface area contributed by atoms with Crippen LogP contribution in [0.1, 0.15) is 16.1 Å². The zero-order chi connectivity index (χ0) is 13.1. The summed E-state index contributed by atoms with van der Waals surface area (Å²) in [6.07, 6.45) is 1.44. The van der Waals surface area contributed by atoms with Crippen LogP contribution in [0.5, 0.6) is 5.75 Å². The molecule has 18 heavy (non-hydrogen) atoms. The molecule has 4 nitrogen and oxygen atoms in total. The maximum atomic E-state index is 11.9. The van der Waals surface area contributed by atoms with Crippen LogP contribution in [0.15, 0.2) is 34.9 Å². The molecule has 0 unspecified atom stereocenters. The quantitative estimate of drug-likeness (QED) is 0.924. The largest absolute Gasteiger partial charge is 0.494 e. The van der Waals surface area contributed by atoms with Gasteiger partial charge in [0.15, 0.2) is 5.76 Å². The van der Waals surface area contributed by atoms with Crippen molar-refractivity contribution in [2.24, 2.45) is 0 Å². The first-order valence-electron chi connectivity index (χ1n) is 5.31. The SMILES string of the molecule is COc1c(C)cc(Cl)cc1NC(=O)c1ccco1. The Morgan fingerprint density at radius 1 is 1.44 bits per heavy atom. The van der Waals surface area contributed by atoms with Crippen molar-refractivity contribution in [3.8, 4) is 5.75 Å². The maximum Gasteiger partial charge on any atom is 0.291 e. The van der Waals surface area contributed by atoms with Gasteiger partial charge in [-0.3, -0.25) is 4.79 Å². The summed E-state index contributed by atoms with van der Waals surface area (Å²) >= 11 is 5.96. The Morgan fingerprint density at radius 2 is 2.22 bits per heavy atom. The molecule has 0 aliphatic heterocycles. The first-order chi connectivity index (χ1) is 8.61. The molecule has 0 saturated carbocycles. The van der Waals surface area contributed by atoms with Crippen LogP contribution in [0.25, 0.3) is 0 Å². The number of halogens is 1. The Bertz CT molecular complexity index is 564. The second-order valence-electron chi connectivity index (χ2n) is 3.73. The van der Waals surface area contributed by atoms with Crippen molar-refractivity contribution < 1.29 is 13.9 Å². The number of carbonyl (C=O) groups is 1. The van der Waals surface area contributed by atoms with Crippen LogP contribution in [0.2, 0.25) is 5.02 Å². The molecule has 1 heterocycles. The number of carbonyl (C=O) groups excluding carboxylic acids is 1. The summed E-state index contributed by atoms with van der Waals surface area (Å²) in [6, 6.07) is 6.63. The van der Waals surface area contributed by atoms with Gasteiger partial charge in [0.05, 0.1) is 19.1 Å². The van der Waals surface area contributed by atoms with Crippen LogP contribution < -0.4 is 10.1 Å². The normalized spacial score (nSPS) is 10.2. The van der Waals surface area contributed by atoms with Crippen molar-refractivity contribution in [2.75, 3.05) is 12.4 Å². The van der Waals surface area contributed by atoms with Crippen molar-refractivity contribution in [3.05, 3.63) is 46.9 Å². The van der Waals surface area contributed by atoms with Gasteiger partial charge in [0.25, 0.3) is 5.91 Å². The predicted molar refractivity (Wildman–Crippen MR) is 69.4 cm³/mol. The van der Waals surface area contributed by atoms with Crippen LogP contribution in [-0.4, -0.2) is 13.0 Å². The van der Waals surface area contributed by atoms with E-state index >= 15 is 0 Å². The van der Waals surface area contributed by atoms with Gasteiger partial charge in [-0.05, 0) is 36.8 Å². The van der Waals surface area contributed by atoms with Crippen molar-refractivity contribution >= 4 is 23.2 Å². The Morgan fingerprint density at radius 3 is 2.83 bits per heavy atom. The summed E-state index contributed by atoms with van der Waals surface area (Å²) in [5.41, 5.74) is 1.36. The zero-order valence-electron chi connectivity index (χ0n) is 9.99. The summed E-state index contributed by atoms with van der Waals surface area (Å²) in [4.78, 5) is 11.9. The molecule has 0 saturated heterocycles. The van der Waals surface area contributed by atoms with Crippen LogP contribution in [0.3, 0.4) is 0 Å². The van der Waals surface area contributed by atoms with Gasteiger partial charge in [0, 0.05) is 5.02 Å². The molecule has 0 aliphatic rings. The monoisotopic (exact) mass is 265 g/mol. The van der Waals surface area contributed by atoms with E-state index in [1.54, 1.807) is 31.4 Å². The number of benzene rings is 1. The topological polar surface area (TPSA) is 51.5 Å². The van der Waals surface area contributed by atoms with Gasteiger partial charge in [-0.15, -0.1) is 0 Å². The number of rotatable bonds is 3. The third-order valence-corrected chi connectivity index (χ3v) is 2.65. The number of aryl methyl sites for hydroxylation is 1. The van der Waals surface area contributed by atoms with E-state index < -0.39 is 0 Å². The molecule has 0 spiro atoms. The standard InChI is InChI=1S/C13H12ClNO3/c1-8-6-9(14)7-10(12(8)17-2)15-13(16)11-4-3-5-18-11/h3-7H,1-2H3,(H,15,16). The summed E-state index contributed by atoms with van der Waals surface area (Å²) < 4.78 is 10.3. The highest BCUT2D eigenvalue weighted by Crippen LogP contribution is 2.32. The van der Waals surface area contributed by atoms with E-state index in [1.807, 2.05) is 6.92 Å². The summed E-state index contributed by atoms with van der Waals surface area (Å²) in [6.45, 7) is 1.85. The number of methoxy groups -OCH3 is 1. The molecule has 2 aromatic rings. The van der Waals surface area contributed by atoms with Crippen molar-refractivity contribution in [1.82, 2.24) is 0 Å². The Balaban J connectivity index is 2.31. The first kappa shape index (κ1) is 12.5. The summed E-state index contributed by atoms with van der Waals surface area (Å²) in [5, 5.41) is 3.23. The van der Waals surface area contributed by atoms with Gasteiger partial charge >= 0.3 is 0 Å². The molecule has 1 amide bonds. The lowest BCUT2D eigenvalue weighted by Crippen LogP contribution is -2.12. The third kappa shape index (κ3) is 2.49. The van der Waals surface area contributed by atoms with Gasteiger partial charge in [-0.1, -0.05) is 11.6 Å². The molecule has 0 aliphatic carbocycles. The van der Waals surface area contributed by atoms with Crippen molar-refractivity contribution in [2.45, 2.75) is 6.92 Å². The second kappa shape index (κ2) is 5.14. The minimum absolute atomic E-state index is 0.231. The molecule has 0 bridgehead atoms. The molecule has 0 fully saturated rings. The fourth-order valence-electron chi connectivity index (χ4n) is 1.69. The van der Waals surface area contributed by atoms with Crippen LogP contribution in [0, 0.1) is 6.92 Å². The molecule has 1 N–H and O–H groups in total. The summed E-state index contributed by atoms with van der Waals surface area (Å²) in [7, 11) is 1.54. The average Bonchev–Trinajstić information content (AvgIpc) is 2.81. The molecule has 0 radical (unpaired) electrons. The van der Waals surface area contributed by atoms with E-state index in [0.717, 1.165) is 5.56 Å². The number of furan rings is 1. The van der Waals surface area contributed by atoms with Crippen molar-refractivity contribution in [3.63, 3.8) is 0 Å². The first-order valence-corrected chi connectivity index (χ1v) is 5.68. The number of hydrogen-bond acceptors (Lipinski definition) is 3. The fraction of sp³-hybridized carbons (Fsp3) is 0.154. The van der Waals surface area contributed by atoms with Crippen LogP contribution in [0.4, 0.5) is 5.69 Å². The second-order valence-corrected chi connectivity index (χ2v) is 4.17. The summed E-state index contributed by atoms with van der Waals surface area (Å²) in [5.74, 6) is 0.467. The molecule has 1 aromatic heterocycles. The molecule has 94 valence electrons. The highest BCUT2D eigenvalue weighted by molar-refractivity contribution is 6.31. The molecule has 0 atom stereocenters. The minimum atomic E-state index is -0.347. The maximum absolute atomic E-state index is 11.9. The van der Waals surface area contributed by atoms with E-state index in [2.05, 4.69) is 5.32 Å². The Labute approximate surface area is 110 Å². The van der Waals surface area contributed by atoms with E-state index in [9.17, 15) is 4.79 Å². The predicted octanol–water partition coefficient (Wildman–Crippen LogP) is 3.50. The molecular weight excluding hydrogens is 254 g/mol. The fourth-order valence-corrected chi connectivity index (χ4v) is 1.96. The van der Waals surface area contributed by atoms with Crippen LogP contribution in [-0.2, 0) is 0 Å². The third-order valence-electron chi connectivity index (χ3n) is 2.44. The van der Waals surface area contributed by atoms with Gasteiger partial charge < -0.3 is 14.5 Å².